The van der Waals surface area contributed by atoms with Gasteiger partial charge in [-0.3, -0.25) is 4.74 Å². The number of alkyl halides is 3. The van der Waals surface area contributed by atoms with Crippen LogP contribution in [0.1, 0.15) is 0 Å². The third kappa shape index (κ3) is 3.93. The molecule has 16 heavy (non-hydrogen) atoms. The lowest BCUT2D eigenvalue weighted by molar-refractivity contribution is -0.325. The molecule has 0 spiro atoms. The second-order valence-electron chi connectivity index (χ2n) is 2.80. The number of para-hydroxylation sites is 1. The molecule has 0 aliphatic rings. The average Bonchev–Trinajstić information content (AvgIpc) is 2.14. The van der Waals surface area contributed by atoms with E-state index >= 15 is 0 Å². The van der Waals surface area contributed by atoms with Gasteiger partial charge in [0.2, 0.25) is 0 Å². The fourth-order valence-electron chi connectivity index (χ4n) is 0.979. The van der Waals surface area contributed by atoms with Crippen molar-refractivity contribution in [1.29, 1.82) is 0 Å². The Morgan fingerprint density at radius 2 is 1.88 bits per heavy atom. The second kappa shape index (κ2) is 5.02. The predicted octanol–water partition coefficient (Wildman–Crippen LogP) is 2.32. The molecule has 0 atom stereocenters. The third-order valence-corrected chi connectivity index (χ3v) is 1.59. The van der Waals surface area contributed by atoms with E-state index in [-0.39, 0.29) is 11.4 Å². The number of hydrogen-bond donors (Lipinski definition) is 1. The van der Waals surface area contributed by atoms with Crippen LogP contribution in [0, 0.1) is 5.82 Å². The van der Waals surface area contributed by atoms with Crippen molar-refractivity contribution in [2.24, 2.45) is 0 Å². The van der Waals surface area contributed by atoms with E-state index in [4.69, 9.17) is 10.5 Å². The molecule has 0 unspecified atom stereocenters. The zero-order chi connectivity index (χ0) is 12.2. The van der Waals surface area contributed by atoms with E-state index in [0.29, 0.717) is 0 Å². The minimum Gasteiger partial charge on any atom is -0.486 e. The van der Waals surface area contributed by atoms with Crippen LogP contribution < -0.4 is 10.5 Å². The minimum atomic E-state index is -4.72. The molecule has 1 aromatic carbocycles. The van der Waals surface area contributed by atoms with Gasteiger partial charge < -0.3 is 10.5 Å². The Bertz CT molecular complexity index is 334. The largest absolute Gasteiger partial charge is 0.522 e. The predicted molar refractivity (Wildman–Crippen MR) is 48.3 cm³/mol. The summed E-state index contributed by atoms with van der Waals surface area (Å²) in [5.74, 6) is -1.000. The molecule has 0 aromatic heterocycles. The third-order valence-electron chi connectivity index (χ3n) is 1.59. The number of nitrogen functional groups attached to an aromatic ring is 1. The summed E-state index contributed by atoms with van der Waals surface area (Å²) in [5, 5.41) is 0. The topological polar surface area (TPSA) is 44.5 Å². The average molecular weight is 239 g/mol. The second-order valence-corrected chi connectivity index (χ2v) is 2.80. The maximum atomic E-state index is 13.0. The molecule has 2 N–H and O–H groups in total. The Labute approximate surface area is 88.8 Å². The Morgan fingerprint density at radius 1 is 1.19 bits per heavy atom. The van der Waals surface area contributed by atoms with Crippen LogP contribution in [-0.2, 0) is 4.74 Å². The Kier molecular flexibility index (Phi) is 3.94. The van der Waals surface area contributed by atoms with Gasteiger partial charge >= 0.3 is 6.36 Å². The van der Waals surface area contributed by atoms with Crippen LogP contribution in [0.2, 0.25) is 0 Å². The zero-order valence-electron chi connectivity index (χ0n) is 8.05. The van der Waals surface area contributed by atoms with Crippen molar-refractivity contribution < 1.29 is 27.0 Å². The Morgan fingerprint density at radius 3 is 2.44 bits per heavy atom. The normalized spacial score (nSPS) is 11.5. The van der Waals surface area contributed by atoms with E-state index in [1.54, 1.807) is 0 Å². The number of halogens is 4. The van der Waals surface area contributed by atoms with Gasteiger partial charge in [0.25, 0.3) is 0 Å². The number of benzene rings is 1. The van der Waals surface area contributed by atoms with Crippen LogP contribution in [0.3, 0.4) is 0 Å². The summed E-state index contributed by atoms with van der Waals surface area (Å²) in [5.41, 5.74) is 5.38. The van der Waals surface area contributed by atoms with Crippen LogP contribution in [0.5, 0.6) is 5.75 Å². The van der Waals surface area contributed by atoms with Crippen LogP contribution in [0.15, 0.2) is 18.2 Å². The zero-order valence-corrected chi connectivity index (χ0v) is 8.05. The van der Waals surface area contributed by atoms with E-state index < -0.39 is 25.4 Å². The molecule has 0 radical (unpaired) electrons. The number of anilines is 1. The van der Waals surface area contributed by atoms with Gasteiger partial charge in [0.1, 0.15) is 6.61 Å². The van der Waals surface area contributed by atoms with E-state index in [1.165, 1.54) is 12.1 Å². The molecule has 0 fully saturated rings. The molecule has 0 aliphatic carbocycles. The molecule has 7 heteroatoms. The molecule has 0 heterocycles. The van der Waals surface area contributed by atoms with Gasteiger partial charge in [0.05, 0.1) is 12.3 Å². The minimum absolute atomic E-state index is 0.0204. The van der Waals surface area contributed by atoms with Crippen molar-refractivity contribution in [3.8, 4) is 5.75 Å². The molecular weight excluding hydrogens is 230 g/mol. The molecule has 1 aromatic rings. The molecule has 90 valence electrons. The fraction of sp³-hybridized carbons (Fsp3) is 0.333. The van der Waals surface area contributed by atoms with Crippen molar-refractivity contribution in [2.75, 3.05) is 18.9 Å². The smallest absolute Gasteiger partial charge is 0.486 e. The molecule has 0 aliphatic heterocycles. The van der Waals surface area contributed by atoms with Gasteiger partial charge in [-0.2, -0.15) is 0 Å². The first-order valence-electron chi connectivity index (χ1n) is 4.27. The van der Waals surface area contributed by atoms with Crippen molar-refractivity contribution in [1.82, 2.24) is 0 Å². The summed E-state index contributed by atoms with van der Waals surface area (Å²) in [6.45, 7) is -1.16. The lowest BCUT2D eigenvalue weighted by atomic mass is 10.3. The van der Waals surface area contributed by atoms with Crippen molar-refractivity contribution in [3.05, 3.63) is 24.0 Å². The van der Waals surface area contributed by atoms with Crippen molar-refractivity contribution >= 4 is 5.69 Å². The molecule has 0 saturated heterocycles. The van der Waals surface area contributed by atoms with Gasteiger partial charge in [-0.15, -0.1) is 13.2 Å². The van der Waals surface area contributed by atoms with Gasteiger partial charge in [0, 0.05) is 0 Å². The van der Waals surface area contributed by atoms with Crippen molar-refractivity contribution in [2.45, 2.75) is 6.36 Å². The first-order valence-corrected chi connectivity index (χ1v) is 4.27. The van der Waals surface area contributed by atoms with Gasteiger partial charge in [-0.1, -0.05) is 6.07 Å². The number of ether oxygens (including phenoxy) is 2. The molecule has 1 rings (SSSR count). The standard InChI is InChI=1S/C9H9F4NO2/c10-6-2-1-3-7(14)8(6)15-4-5-16-9(11,12)13/h1-3H,4-5,14H2. The number of rotatable bonds is 4. The SMILES string of the molecule is Nc1cccc(F)c1OCCOC(F)(F)F. The lowest BCUT2D eigenvalue weighted by Crippen LogP contribution is -2.18. The van der Waals surface area contributed by atoms with Crippen LogP contribution >= 0.6 is 0 Å². The number of nitrogens with two attached hydrogens (primary N) is 1. The summed E-state index contributed by atoms with van der Waals surface area (Å²) in [6.07, 6.45) is -4.72. The van der Waals surface area contributed by atoms with E-state index in [0.717, 1.165) is 6.07 Å². The highest BCUT2D eigenvalue weighted by molar-refractivity contribution is 5.52. The highest BCUT2D eigenvalue weighted by Crippen LogP contribution is 2.24. The Hall–Kier alpha value is -1.50. The highest BCUT2D eigenvalue weighted by Gasteiger charge is 2.28. The molecule has 3 nitrogen and oxygen atoms in total. The molecule has 0 amide bonds. The van der Waals surface area contributed by atoms with Crippen LogP contribution in [0.25, 0.3) is 0 Å². The summed E-state index contributed by atoms with van der Waals surface area (Å²) >= 11 is 0. The van der Waals surface area contributed by atoms with Gasteiger partial charge in [-0.05, 0) is 12.1 Å². The van der Waals surface area contributed by atoms with Crippen LogP contribution in [0.4, 0.5) is 23.2 Å². The first-order chi connectivity index (χ1) is 7.40. The van der Waals surface area contributed by atoms with Crippen molar-refractivity contribution in [3.63, 3.8) is 0 Å². The van der Waals surface area contributed by atoms with E-state index in [9.17, 15) is 17.6 Å². The molecule has 0 saturated carbocycles. The molecule has 0 bridgehead atoms. The quantitative estimate of drug-likeness (QED) is 0.498. The maximum Gasteiger partial charge on any atom is 0.522 e. The summed E-state index contributed by atoms with van der Waals surface area (Å²) in [6, 6.07) is 3.84. The maximum absolute atomic E-state index is 13.0. The van der Waals surface area contributed by atoms with E-state index in [2.05, 4.69) is 4.74 Å². The van der Waals surface area contributed by atoms with Crippen LogP contribution in [-0.4, -0.2) is 19.6 Å². The highest BCUT2D eigenvalue weighted by atomic mass is 19.4. The molecular formula is C9H9F4NO2. The Balaban J connectivity index is 2.43. The summed E-state index contributed by atoms with van der Waals surface area (Å²) in [7, 11) is 0. The monoisotopic (exact) mass is 239 g/mol. The fourth-order valence-corrected chi connectivity index (χ4v) is 0.979. The van der Waals surface area contributed by atoms with E-state index in [1.807, 2.05) is 0 Å². The first kappa shape index (κ1) is 12.6. The number of hydrogen-bond acceptors (Lipinski definition) is 3. The lowest BCUT2D eigenvalue weighted by Gasteiger charge is -2.10. The summed E-state index contributed by atoms with van der Waals surface area (Å²) < 4.78 is 55.9. The summed E-state index contributed by atoms with van der Waals surface area (Å²) in [4.78, 5) is 0. The van der Waals surface area contributed by atoms with Gasteiger partial charge in [0.15, 0.2) is 11.6 Å². The van der Waals surface area contributed by atoms with Gasteiger partial charge in [-0.25, -0.2) is 4.39 Å².